The van der Waals surface area contributed by atoms with Crippen LogP contribution in [0.1, 0.15) is 13.8 Å². The largest absolute Gasteiger partial charge is 0.399 e. The summed E-state index contributed by atoms with van der Waals surface area (Å²) in [6, 6.07) is 2.08. The molecule has 0 fully saturated rings. The van der Waals surface area contributed by atoms with Crippen LogP contribution in [0.3, 0.4) is 0 Å². The van der Waals surface area contributed by atoms with Crippen LogP contribution in [-0.4, -0.2) is 25.5 Å². The fourth-order valence-corrected chi connectivity index (χ4v) is 1.66. The Morgan fingerprint density at radius 3 is 2.33 bits per heavy atom. The molecule has 0 saturated heterocycles. The second-order valence-electron chi connectivity index (χ2n) is 3.80. The van der Waals surface area contributed by atoms with Crippen molar-refractivity contribution in [2.24, 2.45) is 0 Å². The SMILES string of the molecule is CCNC(=O)CN(CC)c1c(F)cc(N)cc1F. The summed E-state index contributed by atoms with van der Waals surface area (Å²) in [6.45, 7) is 4.19. The minimum absolute atomic E-state index is 0.0165. The quantitative estimate of drug-likeness (QED) is 0.786. The highest BCUT2D eigenvalue weighted by Crippen LogP contribution is 2.25. The fourth-order valence-electron chi connectivity index (χ4n) is 1.66. The van der Waals surface area contributed by atoms with Gasteiger partial charge in [0, 0.05) is 18.8 Å². The summed E-state index contributed by atoms with van der Waals surface area (Å²) in [6.07, 6.45) is 0. The molecule has 0 aromatic heterocycles. The van der Waals surface area contributed by atoms with Crippen LogP contribution in [0.5, 0.6) is 0 Å². The van der Waals surface area contributed by atoms with Gasteiger partial charge in [-0.2, -0.15) is 0 Å². The van der Waals surface area contributed by atoms with Crippen LogP contribution in [0.15, 0.2) is 12.1 Å². The molecule has 100 valence electrons. The lowest BCUT2D eigenvalue weighted by Gasteiger charge is -2.23. The first-order chi connectivity index (χ1) is 8.49. The number of nitrogen functional groups attached to an aromatic ring is 1. The van der Waals surface area contributed by atoms with E-state index in [2.05, 4.69) is 5.32 Å². The summed E-state index contributed by atoms with van der Waals surface area (Å²) in [5.74, 6) is -1.81. The fraction of sp³-hybridized carbons (Fsp3) is 0.417. The van der Waals surface area contributed by atoms with Gasteiger partial charge < -0.3 is 16.0 Å². The Bertz CT molecular complexity index is 414. The first kappa shape index (κ1) is 14.2. The molecule has 0 radical (unpaired) electrons. The first-order valence-corrected chi connectivity index (χ1v) is 5.75. The highest BCUT2D eigenvalue weighted by Gasteiger charge is 2.18. The van der Waals surface area contributed by atoms with E-state index in [1.807, 2.05) is 0 Å². The molecule has 0 aliphatic rings. The van der Waals surface area contributed by atoms with E-state index in [0.717, 1.165) is 12.1 Å². The van der Waals surface area contributed by atoms with Gasteiger partial charge in [-0.15, -0.1) is 0 Å². The van der Waals surface area contributed by atoms with Crippen molar-refractivity contribution in [2.75, 3.05) is 30.3 Å². The molecule has 3 N–H and O–H groups in total. The zero-order valence-electron chi connectivity index (χ0n) is 10.5. The number of likely N-dealkylation sites (N-methyl/N-ethyl adjacent to an activating group) is 2. The molecular formula is C12H17F2N3O. The summed E-state index contributed by atoms with van der Waals surface area (Å²) in [5.41, 5.74) is 5.13. The van der Waals surface area contributed by atoms with Crippen molar-refractivity contribution in [2.45, 2.75) is 13.8 Å². The number of benzene rings is 1. The smallest absolute Gasteiger partial charge is 0.239 e. The van der Waals surface area contributed by atoms with E-state index in [9.17, 15) is 13.6 Å². The number of nitrogens with zero attached hydrogens (tertiary/aromatic N) is 1. The molecular weight excluding hydrogens is 240 g/mol. The van der Waals surface area contributed by atoms with Gasteiger partial charge >= 0.3 is 0 Å². The van der Waals surface area contributed by atoms with E-state index < -0.39 is 11.6 Å². The van der Waals surface area contributed by atoms with Crippen LogP contribution in [0.2, 0.25) is 0 Å². The Kier molecular flexibility index (Phi) is 4.88. The van der Waals surface area contributed by atoms with E-state index in [4.69, 9.17) is 5.73 Å². The van der Waals surface area contributed by atoms with Crippen LogP contribution < -0.4 is 16.0 Å². The molecule has 4 nitrogen and oxygen atoms in total. The lowest BCUT2D eigenvalue weighted by Crippen LogP contribution is -2.38. The first-order valence-electron chi connectivity index (χ1n) is 5.75. The minimum Gasteiger partial charge on any atom is -0.399 e. The van der Waals surface area contributed by atoms with Crippen molar-refractivity contribution in [3.63, 3.8) is 0 Å². The molecule has 0 unspecified atom stereocenters. The van der Waals surface area contributed by atoms with Gasteiger partial charge in [0.1, 0.15) is 5.69 Å². The minimum atomic E-state index is -0.765. The Balaban J connectivity index is 2.98. The average Bonchev–Trinajstić information content (AvgIpc) is 2.26. The highest BCUT2D eigenvalue weighted by atomic mass is 19.1. The highest BCUT2D eigenvalue weighted by molar-refractivity contribution is 5.81. The number of halogens is 2. The van der Waals surface area contributed by atoms with Gasteiger partial charge in [0.05, 0.1) is 6.54 Å². The number of amides is 1. The third kappa shape index (κ3) is 3.32. The molecule has 0 aliphatic carbocycles. The molecule has 1 rings (SSSR count). The van der Waals surface area contributed by atoms with Crippen molar-refractivity contribution >= 4 is 17.3 Å². The molecule has 0 spiro atoms. The average molecular weight is 257 g/mol. The van der Waals surface area contributed by atoms with E-state index in [0.29, 0.717) is 13.1 Å². The third-order valence-electron chi connectivity index (χ3n) is 2.45. The van der Waals surface area contributed by atoms with Gasteiger partial charge in [-0.05, 0) is 26.0 Å². The zero-order valence-corrected chi connectivity index (χ0v) is 10.5. The number of anilines is 2. The Labute approximate surface area is 105 Å². The van der Waals surface area contributed by atoms with Crippen molar-refractivity contribution < 1.29 is 13.6 Å². The normalized spacial score (nSPS) is 10.2. The summed E-state index contributed by atoms with van der Waals surface area (Å²) in [5, 5.41) is 2.58. The summed E-state index contributed by atoms with van der Waals surface area (Å²) in [4.78, 5) is 12.8. The molecule has 0 bridgehead atoms. The van der Waals surface area contributed by atoms with E-state index >= 15 is 0 Å². The van der Waals surface area contributed by atoms with Gasteiger partial charge in [-0.25, -0.2) is 8.78 Å². The van der Waals surface area contributed by atoms with Gasteiger partial charge in [0.15, 0.2) is 11.6 Å². The second kappa shape index (κ2) is 6.18. The van der Waals surface area contributed by atoms with Crippen LogP contribution in [0.25, 0.3) is 0 Å². The molecule has 6 heteroatoms. The van der Waals surface area contributed by atoms with E-state index in [-0.39, 0.29) is 23.8 Å². The molecule has 0 aliphatic heterocycles. The molecule has 1 amide bonds. The maximum absolute atomic E-state index is 13.7. The van der Waals surface area contributed by atoms with Crippen molar-refractivity contribution in [3.8, 4) is 0 Å². The van der Waals surface area contributed by atoms with Crippen molar-refractivity contribution in [1.29, 1.82) is 0 Å². The molecule has 1 aromatic carbocycles. The standard InChI is InChI=1S/C12H17F2N3O/c1-3-16-11(18)7-17(4-2)12-9(13)5-8(15)6-10(12)14/h5-6H,3-4,7,15H2,1-2H3,(H,16,18). The monoisotopic (exact) mass is 257 g/mol. The number of nitrogens with two attached hydrogens (primary N) is 1. The zero-order chi connectivity index (χ0) is 13.7. The number of carbonyl (C=O) groups excluding carboxylic acids is 1. The summed E-state index contributed by atoms with van der Waals surface area (Å²) >= 11 is 0. The third-order valence-corrected chi connectivity index (χ3v) is 2.45. The van der Waals surface area contributed by atoms with Gasteiger partial charge in [-0.1, -0.05) is 0 Å². The predicted octanol–water partition coefficient (Wildman–Crippen LogP) is 1.51. The number of hydrogen-bond acceptors (Lipinski definition) is 3. The topological polar surface area (TPSA) is 58.4 Å². The second-order valence-corrected chi connectivity index (χ2v) is 3.80. The molecule has 0 saturated carbocycles. The Morgan fingerprint density at radius 2 is 1.89 bits per heavy atom. The van der Waals surface area contributed by atoms with Gasteiger partial charge in [0.2, 0.25) is 5.91 Å². The summed E-state index contributed by atoms with van der Waals surface area (Å²) in [7, 11) is 0. The lowest BCUT2D eigenvalue weighted by atomic mass is 10.2. The Hall–Kier alpha value is -1.85. The molecule has 18 heavy (non-hydrogen) atoms. The number of hydrogen-bond donors (Lipinski definition) is 2. The predicted molar refractivity (Wildman–Crippen MR) is 67.3 cm³/mol. The van der Waals surface area contributed by atoms with E-state index in [1.165, 1.54) is 4.90 Å². The van der Waals surface area contributed by atoms with Gasteiger partial charge in [-0.3, -0.25) is 4.79 Å². The lowest BCUT2D eigenvalue weighted by molar-refractivity contribution is -0.119. The number of nitrogens with one attached hydrogen (secondary N) is 1. The van der Waals surface area contributed by atoms with Crippen LogP contribution in [0.4, 0.5) is 20.2 Å². The molecule has 1 aromatic rings. The van der Waals surface area contributed by atoms with Crippen LogP contribution in [0, 0.1) is 11.6 Å². The van der Waals surface area contributed by atoms with E-state index in [1.54, 1.807) is 13.8 Å². The maximum Gasteiger partial charge on any atom is 0.239 e. The maximum atomic E-state index is 13.7. The number of rotatable bonds is 5. The molecule has 0 atom stereocenters. The summed E-state index contributed by atoms with van der Waals surface area (Å²) < 4.78 is 27.4. The van der Waals surface area contributed by atoms with Crippen LogP contribution >= 0.6 is 0 Å². The van der Waals surface area contributed by atoms with Crippen molar-refractivity contribution in [3.05, 3.63) is 23.8 Å². The van der Waals surface area contributed by atoms with Crippen LogP contribution in [-0.2, 0) is 4.79 Å². The molecule has 0 heterocycles. The number of carbonyl (C=O) groups is 1. The van der Waals surface area contributed by atoms with Crippen molar-refractivity contribution in [1.82, 2.24) is 5.32 Å². The van der Waals surface area contributed by atoms with Gasteiger partial charge in [0.25, 0.3) is 0 Å². The Morgan fingerprint density at radius 1 is 1.33 bits per heavy atom.